The lowest BCUT2D eigenvalue weighted by Gasteiger charge is -2.15. The molecule has 2 amide bonds. The van der Waals surface area contributed by atoms with Crippen LogP contribution in [0.4, 0.5) is 21.8 Å². The van der Waals surface area contributed by atoms with Crippen LogP contribution in [0.25, 0.3) is 30.6 Å². The number of hydrogen-bond donors (Lipinski definition) is 7. The molecule has 0 fully saturated rings. The number of amides is 2. The molecule has 9 N–H and O–H groups in total. The van der Waals surface area contributed by atoms with Gasteiger partial charge in [0.15, 0.2) is 18.1 Å². The van der Waals surface area contributed by atoms with Gasteiger partial charge in [-0.25, -0.2) is 29.3 Å². The van der Waals surface area contributed by atoms with Crippen molar-refractivity contribution < 1.29 is 50.2 Å². The number of aliphatic imine (C=N–C) groups is 3. The number of hydrogen-bond acceptors (Lipinski definition) is 20. The standard InChI is InChI=1S/C22H27N3O4S2.C19H24N4O3S2.C11H9N3O2S2.CH4.FH.H2/c1-3-14(8-6-4-5-7-13(2)26)19(27)23-15-9-10-16-18(11-15)31-21(24-16)20-25-17(12-30-20)22(28)29;1-2-11(5-3-4-8-20)16(24)21-12-6-7-13-15(9-12)28-18(22-13)17-23-14(10-27-17)19(25)26;12-5-1-2-6-8(3-5)18-10(13-6)9-14-7(4-17-9)11(15)16;;;/h9-11,14,17H,3-8,12H2,1-2H3,(H,23,27)(H,28,29);6-7,9,11,14H,2-5,8,10,20H2,1H3,(H,21,24)(H,25,26);1-3,7H,4,12H2,(H,15,16);1H4;2*1H/t14-,17+;11-,14+;7-;;;/m001.../s1/i;;;;;1+1. The van der Waals surface area contributed by atoms with Gasteiger partial charge in [0.05, 0.1) is 30.6 Å². The SMILES string of the molecule is C.CC[C@@H](CCCCCC(C)=O)C(=O)Nc1ccc2nc(C3=N[C@@H](C(=O)O)CS3)sc2c1.CC[C@@H](CCCCN)C(=O)Nc1ccc2nc(C3=N[C@@H](C(=O)O)CS3)sc2c1.F.Nc1ccc2nc(C3=N[C@@H](C(=O)O)CS3)sc2c1.[2HH]. The van der Waals surface area contributed by atoms with Crippen LogP contribution < -0.4 is 22.1 Å². The van der Waals surface area contributed by atoms with Crippen molar-refractivity contribution in [3.8, 4) is 0 Å². The van der Waals surface area contributed by atoms with E-state index in [9.17, 15) is 28.8 Å². The first-order valence-corrected chi connectivity index (χ1v) is 30.5. The van der Waals surface area contributed by atoms with E-state index in [2.05, 4.69) is 40.6 Å². The number of benzene rings is 3. The molecule has 426 valence electrons. The summed E-state index contributed by atoms with van der Waals surface area (Å²) in [6.07, 6.45) is 8.51. The van der Waals surface area contributed by atoms with Gasteiger partial charge in [-0.3, -0.25) is 29.3 Å². The molecule has 0 spiro atoms. The van der Waals surface area contributed by atoms with Crippen LogP contribution in [0.3, 0.4) is 0 Å². The van der Waals surface area contributed by atoms with Crippen LogP contribution in [0.5, 0.6) is 0 Å². The summed E-state index contributed by atoms with van der Waals surface area (Å²) < 4.78 is 2.85. The molecule has 0 unspecified atom stereocenters. The highest BCUT2D eigenvalue weighted by atomic mass is 32.2. The van der Waals surface area contributed by atoms with Crippen molar-refractivity contribution in [2.45, 2.75) is 111 Å². The summed E-state index contributed by atoms with van der Waals surface area (Å²) in [6, 6.07) is 14.7. The van der Waals surface area contributed by atoms with Gasteiger partial charge < -0.3 is 42.2 Å². The minimum Gasteiger partial charge on any atom is -0.480 e. The Morgan fingerprint density at radius 2 is 0.975 bits per heavy atom. The Kier molecular flexibility index (Phi) is 24.8. The number of aromatic nitrogens is 3. The maximum absolute atomic E-state index is 12.7. The molecule has 19 nitrogen and oxygen atoms in total. The third-order valence-electron chi connectivity index (χ3n) is 12.4. The second-order valence-corrected chi connectivity index (χ2v) is 24.3. The van der Waals surface area contributed by atoms with Gasteiger partial charge in [0, 0.05) is 54.0 Å². The van der Waals surface area contributed by atoms with E-state index < -0.39 is 36.0 Å². The number of carbonyl (C=O) groups excluding carboxylic acids is 3. The normalized spacial score (nSPS) is 17.2. The van der Waals surface area contributed by atoms with E-state index in [0.717, 1.165) is 110 Å². The number of aliphatic carboxylic acids is 3. The molecular formula is C53H67FN10O9S6. The number of nitrogens with zero attached hydrogens (tertiary/aromatic N) is 6. The van der Waals surface area contributed by atoms with Crippen molar-refractivity contribution in [1.82, 2.24) is 15.0 Å². The molecule has 3 aromatic heterocycles. The van der Waals surface area contributed by atoms with Crippen LogP contribution in [0.2, 0.25) is 0 Å². The molecule has 0 radical (unpaired) electrons. The topological polar surface area (TPSA) is 315 Å². The Labute approximate surface area is 482 Å². The summed E-state index contributed by atoms with van der Waals surface area (Å²) in [5.41, 5.74) is 15.9. The van der Waals surface area contributed by atoms with Gasteiger partial charge in [-0.1, -0.05) is 40.5 Å². The molecule has 9 rings (SSSR count). The van der Waals surface area contributed by atoms with E-state index in [1.807, 2.05) is 62.4 Å². The third-order valence-corrected chi connectivity index (χ3v) is 19.0. The van der Waals surface area contributed by atoms with Crippen LogP contribution in [0.15, 0.2) is 69.6 Å². The molecule has 0 saturated heterocycles. The largest absolute Gasteiger partial charge is 0.480 e. The van der Waals surface area contributed by atoms with E-state index in [-0.39, 0.29) is 43.0 Å². The van der Waals surface area contributed by atoms with Gasteiger partial charge in [-0.15, -0.1) is 69.3 Å². The quantitative estimate of drug-likeness (QED) is 0.0245. The molecule has 26 heteroatoms. The molecule has 3 aliphatic rings. The summed E-state index contributed by atoms with van der Waals surface area (Å²) in [5.74, 6) is -1.19. The fourth-order valence-corrected chi connectivity index (χ4v) is 14.4. The second kappa shape index (κ2) is 30.6. The molecule has 0 bridgehead atoms. The number of anilines is 3. The van der Waals surface area contributed by atoms with E-state index in [4.69, 9.17) is 26.8 Å². The van der Waals surface area contributed by atoms with Gasteiger partial charge in [-0.2, -0.15) is 0 Å². The molecule has 3 aromatic carbocycles. The van der Waals surface area contributed by atoms with Gasteiger partial charge in [0.1, 0.15) is 35.9 Å². The lowest BCUT2D eigenvalue weighted by Crippen LogP contribution is -2.22. The summed E-state index contributed by atoms with van der Waals surface area (Å²) >= 11 is 8.66. The minimum absolute atomic E-state index is 0. The lowest BCUT2D eigenvalue weighted by atomic mass is 9.97. The number of unbranched alkanes of at least 4 members (excludes halogenated alkanes) is 3. The van der Waals surface area contributed by atoms with Crippen LogP contribution in [-0.4, -0.2) is 123 Å². The molecule has 3 aliphatic heterocycles. The number of carboxylic acids is 3. The maximum atomic E-state index is 12.7. The fourth-order valence-electron chi connectivity index (χ4n) is 8.08. The number of halogens is 1. The summed E-state index contributed by atoms with van der Waals surface area (Å²) in [6.45, 7) is 6.30. The number of fused-ring (bicyclic) bond motifs is 3. The number of nitrogen functional groups attached to an aromatic ring is 1. The number of nitrogens with one attached hydrogen (secondary N) is 2. The van der Waals surface area contributed by atoms with Crippen molar-refractivity contribution in [2.24, 2.45) is 32.5 Å². The van der Waals surface area contributed by atoms with Crippen molar-refractivity contribution >= 4 is 168 Å². The Bertz CT molecular complexity index is 3240. The van der Waals surface area contributed by atoms with Crippen LogP contribution >= 0.6 is 69.3 Å². The van der Waals surface area contributed by atoms with Gasteiger partial charge in [-0.05, 0) is 107 Å². The van der Waals surface area contributed by atoms with Gasteiger partial charge >= 0.3 is 17.9 Å². The summed E-state index contributed by atoms with van der Waals surface area (Å²) in [5, 5.41) is 37.4. The predicted octanol–water partition coefficient (Wildman–Crippen LogP) is 10.9. The Morgan fingerprint density at radius 1 is 0.595 bits per heavy atom. The molecule has 6 heterocycles. The molecule has 0 saturated carbocycles. The number of nitrogens with two attached hydrogens (primary N) is 2. The van der Waals surface area contributed by atoms with Crippen molar-refractivity contribution in [3.05, 3.63) is 69.6 Å². The monoisotopic (exact) mass is 1200 g/mol. The van der Waals surface area contributed by atoms with Crippen molar-refractivity contribution in [2.75, 3.05) is 40.2 Å². The van der Waals surface area contributed by atoms with E-state index in [1.54, 1.807) is 13.0 Å². The average molecular weight is 1200 g/mol. The highest BCUT2D eigenvalue weighted by Gasteiger charge is 2.30. The van der Waals surface area contributed by atoms with E-state index >= 15 is 0 Å². The highest BCUT2D eigenvalue weighted by Crippen LogP contribution is 2.34. The minimum atomic E-state index is -0.919. The Balaban J connectivity index is 0.000000261. The summed E-state index contributed by atoms with van der Waals surface area (Å²) in [4.78, 5) is 95.6. The first-order valence-electron chi connectivity index (χ1n) is 25.1. The molecule has 6 aromatic rings. The summed E-state index contributed by atoms with van der Waals surface area (Å²) in [7, 11) is 0. The van der Waals surface area contributed by atoms with E-state index in [1.165, 1.54) is 69.3 Å². The molecule has 79 heavy (non-hydrogen) atoms. The highest BCUT2D eigenvalue weighted by molar-refractivity contribution is 8.15. The van der Waals surface area contributed by atoms with Crippen LogP contribution in [-0.2, 0) is 28.8 Å². The van der Waals surface area contributed by atoms with Gasteiger partial charge in [0.25, 0.3) is 0 Å². The number of Topliss-reactive ketones (excluding diaryl/α,β-unsaturated/α-hetero) is 1. The Hall–Kier alpha value is -5.90. The predicted molar refractivity (Wildman–Crippen MR) is 327 cm³/mol. The van der Waals surface area contributed by atoms with Crippen LogP contribution in [0, 0.1) is 11.8 Å². The number of carbonyl (C=O) groups is 6. The first kappa shape index (κ1) is 63.9. The zero-order valence-electron chi connectivity index (χ0n) is 43.0. The van der Waals surface area contributed by atoms with E-state index in [0.29, 0.717) is 56.1 Å². The number of carboxylic acid groups (broad SMARTS) is 3. The number of ketones is 1. The smallest absolute Gasteiger partial charge is 0.329 e. The second-order valence-electron chi connectivity index (χ2n) is 18.2. The van der Waals surface area contributed by atoms with Crippen LogP contribution in [0.1, 0.15) is 109 Å². The first-order chi connectivity index (χ1) is 37.0. The number of rotatable bonds is 22. The Morgan fingerprint density at radius 3 is 1.33 bits per heavy atom. The number of thiazole rings is 3. The third kappa shape index (κ3) is 17.8. The molecule has 5 atom stereocenters. The number of thioether (sulfide) groups is 3. The van der Waals surface area contributed by atoms with Gasteiger partial charge in [0.2, 0.25) is 11.8 Å². The molecular weight excluding hydrogens is 1130 g/mol. The lowest BCUT2D eigenvalue weighted by molar-refractivity contribution is -0.138. The zero-order chi connectivity index (χ0) is 55.2. The average Bonchev–Trinajstić information content (AvgIpc) is 4.27. The zero-order valence-corrected chi connectivity index (χ0v) is 47.9. The fraction of sp³-hybridized carbons (Fsp3) is 0.434. The maximum Gasteiger partial charge on any atom is 0.329 e. The van der Waals surface area contributed by atoms with Crippen molar-refractivity contribution in [3.63, 3.8) is 0 Å². The van der Waals surface area contributed by atoms with Crippen molar-refractivity contribution in [1.29, 1.82) is 0 Å². The molecule has 0 aliphatic carbocycles.